The van der Waals surface area contributed by atoms with Gasteiger partial charge in [0, 0.05) is 18.7 Å². The zero-order chi connectivity index (χ0) is 13.0. The van der Waals surface area contributed by atoms with Crippen molar-refractivity contribution >= 4 is 11.6 Å². The van der Waals surface area contributed by atoms with E-state index in [0.717, 1.165) is 6.07 Å². The van der Waals surface area contributed by atoms with Gasteiger partial charge in [0.15, 0.2) is 11.6 Å². The minimum absolute atomic E-state index is 0.374. The number of nitrogens with one attached hydrogen (secondary N) is 2. The Morgan fingerprint density at radius 3 is 2.59 bits per heavy atom. The lowest BCUT2D eigenvalue weighted by atomic mass is 10.2. The van der Waals surface area contributed by atoms with Crippen LogP contribution in [-0.2, 0) is 4.79 Å². The number of halogens is 3. The van der Waals surface area contributed by atoms with Crippen molar-refractivity contribution in [2.24, 2.45) is 0 Å². The molecule has 1 aromatic carbocycles. The number of rotatable bonds is 4. The lowest BCUT2D eigenvalue weighted by molar-refractivity contribution is -0.121. The van der Waals surface area contributed by atoms with E-state index in [4.69, 9.17) is 0 Å². The average molecular weight is 246 g/mol. The Labute approximate surface area is 97.0 Å². The van der Waals surface area contributed by atoms with E-state index in [-0.39, 0.29) is 11.6 Å². The van der Waals surface area contributed by atoms with Crippen molar-refractivity contribution in [1.82, 2.24) is 5.32 Å². The number of hydrogen-bond donors (Lipinski definition) is 2. The van der Waals surface area contributed by atoms with Crippen molar-refractivity contribution in [3.8, 4) is 0 Å². The van der Waals surface area contributed by atoms with E-state index in [1.165, 1.54) is 6.92 Å². The number of likely N-dealkylation sites (N-methyl/N-ethyl adjacent to an activating group) is 1. The highest BCUT2D eigenvalue weighted by Crippen LogP contribution is 2.19. The third kappa shape index (κ3) is 3.37. The molecule has 1 amide bonds. The topological polar surface area (TPSA) is 41.1 Å². The van der Waals surface area contributed by atoms with Gasteiger partial charge in [0.25, 0.3) is 0 Å². The Hall–Kier alpha value is -1.72. The van der Waals surface area contributed by atoms with Gasteiger partial charge in [-0.15, -0.1) is 0 Å². The standard InChI is InChI=1S/C11H13F3N2O/c1-3-15-11(17)6(2)16-9-5-7(12)4-8(13)10(9)14/h4-6,16H,3H2,1-2H3,(H,15,17). The molecule has 94 valence electrons. The van der Waals surface area contributed by atoms with Crippen molar-refractivity contribution < 1.29 is 18.0 Å². The maximum absolute atomic E-state index is 13.3. The zero-order valence-electron chi connectivity index (χ0n) is 9.48. The molecule has 0 aliphatic carbocycles. The van der Waals surface area contributed by atoms with Crippen molar-refractivity contribution in [2.75, 3.05) is 11.9 Å². The van der Waals surface area contributed by atoms with E-state index in [1.54, 1.807) is 6.92 Å². The molecule has 0 aliphatic heterocycles. The number of benzene rings is 1. The minimum Gasteiger partial charge on any atom is -0.371 e. The summed E-state index contributed by atoms with van der Waals surface area (Å²) in [5.41, 5.74) is -0.374. The molecule has 0 aromatic heterocycles. The fraction of sp³-hybridized carbons (Fsp3) is 0.364. The van der Waals surface area contributed by atoms with E-state index in [2.05, 4.69) is 10.6 Å². The summed E-state index contributed by atoms with van der Waals surface area (Å²) in [4.78, 5) is 11.3. The second-order valence-corrected chi connectivity index (χ2v) is 3.51. The van der Waals surface area contributed by atoms with Gasteiger partial charge in [-0.25, -0.2) is 13.2 Å². The zero-order valence-corrected chi connectivity index (χ0v) is 9.48. The molecule has 0 aliphatic rings. The second kappa shape index (κ2) is 5.56. The van der Waals surface area contributed by atoms with Crippen LogP contribution >= 0.6 is 0 Å². The molecule has 1 unspecified atom stereocenters. The molecule has 1 aromatic rings. The highest BCUT2D eigenvalue weighted by molar-refractivity contribution is 5.84. The Morgan fingerprint density at radius 1 is 1.35 bits per heavy atom. The molecule has 17 heavy (non-hydrogen) atoms. The smallest absolute Gasteiger partial charge is 0.242 e. The van der Waals surface area contributed by atoms with Crippen molar-refractivity contribution in [1.29, 1.82) is 0 Å². The molecule has 0 radical (unpaired) electrons. The minimum atomic E-state index is -1.30. The van der Waals surface area contributed by atoms with Gasteiger partial charge in [0.05, 0.1) is 5.69 Å². The molecule has 0 bridgehead atoms. The summed E-state index contributed by atoms with van der Waals surface area (Å²) in [7, 11) is 0. The molecule has 0 fully saturated rings. The first-order chi connectivity index (χ1) is 7.95. The van der Waals surface area contributed by atoms with Crippen molar-refractivity contribution in [3.05, 3.63) is 29.6 Å². The highest BCUT2D eigenvalue weighted by atomic mass is 19.2. The van der Waals surface area contributed by atoms with Crippen molar-refractivity contribution in [3.63, 3.8) is 0 Å². The summed E-state index contributed by atoms with van der Waals surface area (Å²) < 4.78 is 39.0. The van der Waals surface area contributed by atoms with Crippen molar-refractivity contribution in [2.45, 2.75) is 19.9 Å². The molecule has 0 saturated carbocycles. The third-order valence-corrected chi connectivity index (χ3v) is 2.11. The molecule has 1 atom stereocenters. The van der Waals surface area contributed by atoms with Crippen LogP contribution in [0.2, 0.25) is 0 Å². The Balaban J connectivity index is 2.84. The van der Waals surface area contributed by atoms with E-state index < -0.39 is 23.5 Å². The Bertz CT molecular complexity index is 423. The van der Waals surface area contributed by atoms with Crippen LogP contribution in [0.4, 0.5) is 18.9 Å². The average Bonchev–Trinajstić information content (AvgIpc) is 2.25. The predicted octanol–water partition coefficient (Wildman–Crippen LogP) is 2.04. The summed E-state index contributed by atoms with van der Waals surface area (Å²) in [6.07, 6.45) is 0. The monoisotopic (exact) mass is 246 g/mol. The van der Waals surface area contributed by atoms with Crippen LogP contribution < -0.4 is 10.6 Å². The first-order valence-corrected chi connectivity index (χ1v) is 5.14. The fourth-order valence-electron chi connectivity index (χ4n) is 1.29. The van der Waals surface area contributed by atoms with Gasteiger partial charge in [0.1, 0.15) is 11.9 Å². The molecular formula is C11H13F3N2O. The number of anilines is 1. The van der Waals surface area contributed by atoms with Crippen LogP contribution in [0.3, 0.4) is 0 Å². The summed E-state index contributed by atoms with van der Waals surface area (Å²) in [6.45, 7) is 3.62. The Kier molecular flexibility index (Phi) is 4.37. The SMILES string of the molecule is CCNC(=O)C(C)Nc1cc(F)cc(F)c1F. The lowest BCUT2D eigenvalue weighted by Crippen LogP contribution is -2.37. The summed E-state index contributed by atoms with van der Waals surface area (Å²) >= 11 is 0. The molecule has 0 heterocycles. The third-order valence-electron chi connectivity index (χ3n) is 2.11. The van der Waals surface area contributed by atoms with Crippen LogP contribution in [0.1, 0.15) is 13.8 Å². The van der Waals surface area contributed by atoms with Gasteiger partial charge in [-0.1, -0.05) is 0 Å². The van der Waals surface area contributed by atoms with Gasteiger partial charge in [0.2, 0.25) is 5.91 Å². The number of carbonyl (C=O) groups is 1. The largest absolute Gasteiger partial charge is 0.371 e. The van der Waals surface area contributed by atoms with E-state index in [1.807, 2.05) is 0 Å². The molecule has 1 rings (SSSR count). The summed E-state index contributed by atoms with van der Waals surface area (Å²) in [5, 5.41) is 4.91. The molecule has 6 heteroatoms. The van der Waals surface area contributed by atoms with Crippen LogP contribution in [-0.4, -0.2) is 18.5 Å². The fourth-order valence-corrected chi connectivity index (χ4v) is 1.29. The quantitative estimate of drug-likeness (QED) is 0.798. The maximum atomic E-state index is 13.3. The molecule has 0 saturated heterocycles. The van der Waals surface area contributed by atoms with Crippen LogP contribution in [0.15, 0.2) is 12.1 Å². The normalized spacial score (nSPS) is 12.1. The van der Waals surface area contributed by atoms with Gasteiger partial charge in [-0.2, -0.15) is 0 Å². The van der Waals surface area contributed by atoms with Gasteiger partial charge in [-0.3, -0.25) is 4.79 Å². The van der Waals surface area contributed by atoms with Crippen LogP contribution in [0.25, 0.3) is 0 Å². The van der Waals surface area contributed by atoms with Gasteiger partial charge in [-0.05, 0) is 13.8 Å². The summed E-state index contributed by atoms with van der Waals surface area (Å²) in [6, 6.07) is 0.455. The molecule has 0 spiro atoms. The highest BCUT2D eigenvalue weighted by Gasteiger charge is 2.16. The first kappa shape index (κ1) is 13.3. The Morgan fingerprint density at radius 2 is 2.00 bits per heavy atom. The first-order valence-electron chi connectivity index (χ1n) is 5.14. The molecule has 2 N–H and O–H groups in total. The van der Waals surface area contributed by atoms with E-state index in [9.17, 15) is 18.0 Å². The van der Waals surface area contributed by atoms with E-state index >= 15 is 0 Å². The number of carbonyl (C=O) groups excluding carboxylic acids is 1. The predicted molar refractivity (Wildman–Crippen MR) is 58.1 cm³/mol. The maximum Gasteiger partial charge on any atom is 0.242 e. The summed E-state index contributed by atoms with van der Waals surface area (Å²) in [5.74, 6) is -3.79. The van der Waals surface area contributed by atoms with E-state index in [0.29, 0.717) is 12.6 Å². The number of amides is 1. The lowest BCUT2D eigenvalue weighted by Gasteiger charge is -2.15. The van der Waals surface area contributed by atoms with Crippen LogP contribution in [0, 0.1) is 17.5 Å². The number of hydrogen-bond acceptors (Lipinski definition) is 2. The van der Waals surface area contributed by atoms with Gasteiger partial charge >= 0.3 is 0 Å². The molecule has 3 nitrogen and oxygen atoms in total. The van der Waals surface area contributed by atoms with Gasteiger partial charge < -0.3 is 10.6 Å². The van der Waals surface area contributed by atoms with Crippen LogP contribution in [0.5, 0.6) is 0 Å². The molecular weight excluding hydrogens is 233 g/mol. The second-order valence-electron chi connectivity index (χ2n) is 3.51.